The summed E-state index contributed by atoms with van der Waals surface area (Å²) in [5.74, 6) is 0.808. The molecule has 1 saturated heterocycles. The maximum Gasteiger partial charge on any atom is 0.251 e. The molecule has 0 bridgehead atoms. The van der Waals surface area contributed by atoms with E-state index in [0.717, 1.165) is 44.3 Å². The number of nitrogens with one attached hydrogen (secondary N) is 2. The zero-order valence-electron chi connectivity index (χ0n) is 13.8. The van der Waals surface area contributed by atoms with Crippen LogP contribution in [0.2, 0.25) is 0 Å². The maximum absolute atomic E-state index is 12.6. The molecule has 1 aromatic rings. The van der Waals surface area contributed by atoms with E-state index in [1.165, 1.54) is 0 Å². The first-order chi connectivity index (χ1) is 11.2. The second-order valence-corrected chi connectivity index (χ2v) is 6.83. The largest absolute Gasteiger partial charge is 0.393 e. The SMILES string of the molecule is Cl.O=C(NC(C1CCNCC1)C1CC(O)C1)c1ccc(CO)cc1. The van der Waals surface area contributed by atoms with E-state index in [9.17, 15) is 9.90 Å². The number of hydrogen-bond donors (Lipinski definition) is 4. The van der Waals surface area contributed by atoms with E-state index in [0.29, 0.717) is 17.4 Å². The summed E-state index contributed by atoms with van der Waals surface area (Å²) in [6.07, 6.45) is 3.52. The van der Waals surface area contributed by atoms with Crippen molar-refractivity contribution in [2.24, 2.45) is 11.8 Å². The van der Waals surface area contributed by atoms with Gasteiger partial charge in [-0.3, -0.25) is 4.79 Å². The minimum Gasteiger partial charge on any atom is -0.393 e. The Bertz CT molecular complexity index is 526. The van der Waals surface area contributed by atoms with Gasteiger partial charge in [0.05, 0.1) is 12.7 Å². The summed E-state index contributed by atoms with van der Waals surface area (Å²) in [5, 5.41) is 25.3. The van der Waals surface area contributed by atoms with Crippen LogP contribution in [0.4, 0.5) is 0 Å². The van der Waals surface area contributed by atoms with E-state index in [1.807, 2.05) is 0 Å². The van der Waals surface area contributed by atoms with Crippen LogP contribution in [-0.4, -0.2) is 41.4 Å². The monoisotopic (exact) mass is 354 g/mol. The van der Waals surface area contributed by atoms with E-state index in [-0.39, 0.29) is 37.1 Å². The smallest absolute Gasteiger partial charge is 0.251 e. The van der Waals surface area contributed by atoms with Crippen molar-refractivity contribution in [3.05, 3.63) is 35.4 Å². The summed E-state index contributed by atoms with van der Waals surface area (Å²) >= 11 is 0. The van der Waals surface area contributed by atoms with Crippen molar-refractivity contribution in [2.45, 2.75) is 44.4 Å². The molecule has 4 N–H and O–H groups in total. The molecule has 0 spiro atoms. The molecule has 1 heterocycles. The van der Waals surface area contributed by atoms with Gasteiger partial charge in [0.2, 0.25) is 0 Å². The highest BCUT2D eigenvalue weighted by atomic mass is 35.5. The lowest BCUT2D eigenvalue weighted by atomic mass is 9.71. The lowest BCUT2D eigenvalue weighted by molar-refractivity contribution is 0.00919. The molecule has 3 rings (SSSR count). The summed E-state index contributed by atoms with van der Waals surface area (Å²) in [6.45, 7) is 1.98. The first kappa shape index (κ1) is 19.2. The van der Waals surface area contributed by atoms with Gasteiger partial charge in [0, 0.05) is 11.6 Å². The Morgan fingerprint density at radius 3 is 2.33 bits per heavy atom. The number of hydrogen-bond acceptors (Lipinski definition) is 4. The Hall–Kier alpha value is -1.14. The first-order valence-electron chi connectivity index (χ1n) is 8.57. The maximum atomic E-state index is 12.6. The molecule has 1 unspecified atom stereocenters. The number of rotatable bonds is 5. The van der Waals surface area contributed by atoms with Gasteiger partial charge in [-0.2, -0.15) is 0 Å². The molecule has 0 radical (unpaired) electrons. The van der Waals surface area contributed by atoms with Gasteiger partial charge in [-0.25, -0.2) is 0 Å². The summed E-state index contributed by atoms with van der Waals surface area (Å²) < 4.78 is 0. The van der Waals surface area contributed by atoms with Crippen LogP contribution in [0, 0.1) is 11.8 Å². The molecule has 2 fully saturated rings. The van der Waals surface area contributed by atoms with Crippen LogP contribution in [0.15, 0.2) is 24.3 Å². The van der Waals surface area contributed by atoms with Gasteiger partial charge in [-0.1, -0.05) is 12.1 Å². The topological polar surface area (TPSA) is 81.6 Å². The van der Waals surface area contributed by atoms with Crippen molar-refractivity contribution >= 4 is 18.3 Å². The van der Waals surface area contributed by atoms with Gasteiger partial charge in [-0.05, 0) is 68.3 Å². The molecule has 2 aliphatic rings. The van der Waals surface area contributed by atoms with Crippen molar-refractivity contribution in [3.8, 4) is 0 Å². The zero-order valence-corrected chi connectivity index (χ0v) is 14.6. The fourth-order valence-corrected chi connectivity index (χ4v) is 3.74. The Morgan fingerprint density at radius 2 is 1.79 bits per heavy atom. The minimum atomic E-state index is -0.204. The summed E-state index contributed by atoms with van der Waals surface area (Å²) in [4.78, 5) is 12.6. The number of carbonyl (C=O) groups is 1. The molecule has 1 aliphatic heterocycles. The molecule has 6 heteroatoms. The van der Waals surface area contributed by atoms with Gasteiger partial charge in [-0.15, -0.1) is 12.4 Å². The molecule has 0 aromatic heterocycles. The highest BCUT2D eigenvalue weighted by Crippen LogP contribution is 2.35. The lowest BCUT2D eigenvalue weighted by Gasteiger charge is -2.43. The summed E-state index contributed by atoms with van der Waals surface area (Å²) in [5.41, 5.74) is 1.43. The number of halogens is 1. The van der Waals surface area contributed by atoms with Crippen molar-refractivity contribution in [3.63, 3.8) is 0 Å². The van der Waals surface area contributed by atoms with E-state index in [1.54, 1.807) is 24.3 Å². The predicted octanol–water partition coefficient (Wildman–Crippen LogP) is 1.47. The minimum absolute atomic E-state index is 0. The summed E-state index contributed by atoms with van der Waals surface area (Å²) in [7, 11) is 0. The molecule has 1 amide bonds. The molecule has 134 valence electrons. The van der Waals surface area contributed by atoms with Crippen molar-refractivity contribution < 1.29 is 15.0 Å². The van der Waals surface area contributed by atoms with Crippen LogP contribution in [0.1, 0.15) is 41.6 Å². The first-order valence-corrected chi connectivity index (χ1v) is 8.57. The third-order valence-corrected chi connectivity index (χ3v) is 5.25. The normalized spacial score (nSPS) is 25.2. The summed E-state index contributed by atoms with van der Waals surface area (Å²) in [6, 6.07) is 7.22. The van der Waals surface area contributed by atoms with Crippen LogP contribution < -0.4 is 10.6 Å². The molecule has 1 aliphatic carbocycles. The number of aliphatic hydroxyl groups excluding tert-OH is 2. The van der Waals surface area contributed by atoms with E-state index >= 15 is 0 Å². The van der Waals surface area contributed by atoms with E-state index in [4.69, 9.17) is 5.11 Å². The average molecular weight is 355 g/mol. The third-order valence-electron chi connectivity index (χ3n) is 5.25. The Morgan fingerprint density at radius 1 is 1.17 bits per heavy atom. The molecule has 1 atom stereocenters. The van der Waals surface area contributed by atoms with Gasteiger partial charge in [0.25, 0.3) is 5.91 Å². The number of aliphatic hydroxyl groups is 2. The van der Waals surface area contributed by atoms with Crippen LogP contribution in [0.3, 0.4) is 0 Å². The highest BCUT2D eigenvalue weighted by molar-refractivity contribution is 5.94. The third kappa shape index (κ3) is 4.48. The van der Waals surface area contributed by atoms with E-state index < -0.39 is 0 Å². The molecule has 5 nitrogen and oxygen atoms in total. The Balaban J connectivity index is 0.00000208. The molecular weight excluding hydrogens is 328 g/mol. The second kappa shape index (κ2) is 8.81. The number of benzene rings is 1. The van der Waals surface area contributed by atoms with Crippen molar-refractivity contribution in [2.75, 3.05) is 13.1 Å². The Labute approximate surface area is 149 Å². The van der Waals surface area contributed by atoms with Gasteiger partial charge < -0.3 is 20.8 Å². The van der Waals surface area contributed by atoms with Gasteiger partial charge in [0.15, 0.2) is 0 Å². The zero-order chi connectivity index (χ0) is 16.2. The van der Waals surface area contributed by atoms with Crippen molar-refractivity contribution in [1.29, 1.82) is 0 Å². The number of piperidine rings is 1. The lowest BCUT2D eigenvalue weighted by Crippen LogP contribution is -2.52. The predicted molar refractivity (Wildman–Crippen MR) is 95.2 cm³/mol. The molecular formula is C18H27ClN2O3. The fraction of sp³-hybridized carbons (Fsp3) is 0.611. The standard InChI is InChI=1S/C18H26N2O3.ClH/c21-11-12-1-3-14(4-2-12)18(23)20-17(15-9-16(22)10-15)13-5-7-19-8-6-13;/h1-4,13,15-17,19,21-22H,5-11H2,(H,20,23);1H. The average Bonchev–Trinajstić information content (AvgIpc) is 2.58. The van der Waals surface area contributed by atoms with Crippen LogP contribution in [0.5, 0.6) is 0 Å². The molecule has 24 heavy (non-hydrogen) atoms. The second-order valence-electron chi connectivity index (χ2n) is 6.83. The van der Waals surface area contributed by atoms with Gasteiger partial charge >= 0.3 is 0 Å². The van der Waals surface area contributed by atoms with Gasteiger partial charge in [0.1, 0.15) is 0 Å². The van der Waals surface area contributed by atoms with Crippen LogP contribution in [-0.2, 0) is 6.61 Å². The highest BCUT2D eigenvalue weighted by Gasteiger charge is 2.39. The Kier molecular flexibility index (Phi) is 7.04. The van der Waals surface area contributed by atoms with Crippen LogP contribution >= 0.6 is 12.4 Å². The number of amides is 1. The van der Waals surface area contributed by atoms with Crippen LogP contribution in [0.25, 0.3) is 0 Å². The molecule has 1 saturated carbocycles. The fourth-order valence-electron chi connectivity index (χ4n) is 3.74. The molecule has 1 aromatic carbocycles. The van der Waals surface area contributed by atoms with E-state index in [2.05, 4.69) is 10.6 Å². The number of carbonyl (C=O) groups excluding carboxylic acids is 1. The quantitative estimate of drug-likeness (QED) is 0.645. The van der Waals surface area contributed by atoms with Crippen molar-refractivity contribution in [1.82, 2.24) is 10.6 Å².